The van der Waals surface area contributed by atoms with Gasteiger partial charge in [0, 0.05) is 5.69 Å². The van der Waals surface area contributed by atoms with E-state index >= 15 is 0 Å². The first-order chi connectivity index (χ1) is 12.4. The van der Waals surface area contributed by atoms with Crippen LogP contribution in [0.3, 0.4) is 0 Å². The minimum Gasteiger partial charge on any atom is -0.508 e. The Morgan fingerprint density at radius 3 is 2.50 bits per heavy atom. The van der Waals surface area contributed by atoms with Gasteiger partial charge in [0.05, 0.1) is 4.47 Å². The lowest BCUT2D eigenvalue weighted by Gasteiger charge is -2.07. The Morgan fingerprint density at radius 2 is 1.92 bits per heavy atom. The van der Waals surface area contributed by atoms with E-state index in [0.717, 1.165) is 0 Å². The molecule has 1 amide bonds. The van der Waals surface area contributed by atoms with E-state index in [1.54, 1.807) is 12.1 Å². The van der Waals surface area contributed by atoms with E-state index in [0.29, 0.717) is 21.5 Å². The highest BCUT2D eigenvalue weighted by Crippen LogP contribution is 2.27. The molecule has 0 aromatic heterocycles. The number of carboxylic acids is 1. The summed E-state index contributed by atoms with van der Waals surface area (Å²) in [4.78, 5) is 22.7. The van der Waals surface area contributed by atoms with Crippen LogP contribution in [0.15, 0.2) is 52.5 Å². The van der Waals surface area contributed by atoms with Gasteiger partial charge in [0.2, 0.25) is 0 Å². The fourth-order valence-corrected chi connectivity index (χ4v) is 2.43. The van der Waals surface area contributed by atoms with Gasteiger partial charge in [0.15, 0.2) is 6.61 Å². The van der Waals surface area contributed by atoms with E-state index in [1.807, 2.05) is 6.07 Å². The number of anilines is 1. The number of hydrogen-bond acceptors (Lipinski definition) is 5. The van der Waals surface area contributed by atoms with Gasteiger partial charge in [-0.25, -0.2) is 4.79 Å². The molecular formula is C18H13BrN2O5. The van der Waals surface area contributed by atoms with Crippen LogP contribution < -0.4 is 10.1 Å². The van der Waals surface area contributed by atoms with Gasteiger partial charge in [-0.2, -0.15) is 5.26 Å². The molecule has 8 heteroatoms. The molecule has 0 saturated carbocycles. The molecule has 0 bridgehead atoms. The van der Waals surface area contributed by atoms with Crippen molar-refractivity contribution in [2.75, 3.05) is 11.9 Å². The number of phenols is 1. The number of halogens is 1. The molecular weight excluding hydrogens is 404 g/mol. The largest absolute Gasteiger partial charge is 0.508 e. The summed E-state index contributed by atoms with van der Waals surface area (Å²) in [6.07, 6.45) is 1.39. The van der Waals surface area contributed by atoms with Gasteiger partial charge < -0.3 is 20.3 Å². The minimum absolute atomic E-state index is 0.0640. The third kappa shape index (κ3) is 5.36. The van der Waals surface area contributed by atoms with Crippen LogP contribution in [0, 0.1) is 11.3 Å². The number of nitriles is 1. The Morgan fingerprint density at radius 1 is 1.23 bits per heavy atom. The monoisotopic (exact) mass is 416 g/mol. The van der Waals surface area contributed by atoms with Crippen molar-refractivity contribution in [1.82, 2.24) is 0 Å². The molecule has 132 valence electrons. The van der Waals surface area contributed by atoms with E-state index in [-0.39, 0.29) is 11.3 Å². The third-order valence-corrected chi connectivity index (χ3v) is 3.73. The molecule has 0 unspecified atom stereocenters. The number of amides is 1. The standard InChI is InChI=1S/C18H13BrN2O5/c19-15-8-11(1-6-16(15)26-10-17(23)24)7-12(9-20)18(25)21-13-2-4-14(22)5-3-13/h1-8,22H,10H2,(H,21,25)(H,23,24)/b12-7+. The SMILES string of the molecule is N#C/C(=C\c1ccc(OCC(=O)O)c(Br)c1)C(=O)Nc1ccc(O)cc1. The average Bonchev–Trinajstić information content (AvgIpc) is 2.60. The van der Waals surface area contributed by atoms with Crippen molar-refractivity contribution in [3.63, 3.8) is 0 Å². The van der Waals surface area contributed by atoms with Crippen molar-refractivity contribution in [3.05, 3.63) is 58.1 Å². The molecule has 0 radical (unpaired) electrons. The molecule has 3 N–H and O–H groups in total. The van der Waals surface area contributed by atoms with Crippen LogP contribution in [0.25, 0.3) is 6.08 Å². The van der Waals surface area contributed by atoms with E-state index in [1.165, 1.54) is 36.4 Å². The molecule has 2 rings (SSSR count). The maximum atomic E-state index is 12.2. The Hall–Kier alpha value is -3.31. The molecule has 0 aliphatic heterocycles. The number of ether oxygens (including phenoxy) is 1. The minimum atomic E-state index is -1.10. The number of rotatable bonds is 6. The highest BCUT2D eigenvalue weighted by Gasteiger charge is 2.11. The van der Waals surface area contributed by atoms with Crippen LogP contribution in [0.2, 0.25) is 0 Å². The second-order valence-electron chi connectivity index (χ2n) is 5.04. The van der Waals surface area contributed by atoms with Crippen molar-refractivity contribution >= 4 is 39.6 Å². The lowest BCUT2D eigenvalue weighted by atomic mass is 10.1. The van der Waals surface area contributed by atoms with E-state index in [4.69, 9.17) is 9.84 Å². The normalized spacial score (nSPS) is 10.7. The van der Waals surface area contributed by atoms with Gasteiger partial charge in [-0.15, -0.1) is 0 Å². The molecule has 26 heavy (non-hydrogen) atoms. The van der Waals surface area contributed by atoms with Crippen LogP contribution in [-0.2, 0) is 9.59 Å². The summed E-state index contributed by atoms with van der Waals surface area (Å²) in [5.41, 5.74) is 0.869. The number of phenolic OH excluding ortho intramolecular Hbond substituents is 1. The summed E-state index contributed by atoms with van der Waals surface area (Å²) in [7, 11) is 0. The number of nitrogens with zero attached hydrogens (tertiary/aromatic N) is 1. The zero-order valence-corrected chi connectivity index (χ0v) is 14.9. The van der Waals surface area contributed by atoms with Crippen LogP contribution in [0.1, 0.15) is 5.56 Å². The van der Waals surface area contributed by atoms with Gasteiger partial charge >= 0.3 is 5.97 Å². The topological polar surface area (TPSA) is 120 Å². The summed E-state index contributed by atoms with van der Waals surface area (Å²) in [5, 5.41) is 29.6. The smallest absolute Gasteiger partial charge is 0.341 e. The van der Waals surface area contributed by atoms with Crippen LogP contribution in [0.5, 0.6) is 11.5 Å². The fourth-order valence-electron chi connectivity index (χ4n) is 1.92. The number of aliphatic carboxylic acids is 1. The molecule has 7 nitrogen and oxygen atoms in total. The molecule has 0 aliphatic carbocycles. The maximum Gasteiger partial charge on any atom is 0.341 e. The molecule has 0 fully saturated rings. The van der Waals surface area contributed by atoms with Gasteiger partial charge in [0.1, 0.15) is 23.1 Å². The quantitative estimate of drug-likeness (QED) is 0.377. The Balaban J connectivity index is 2.15. The summed E-state index contributed by atoms with van der Waals surface area (Å²) in [5.74, 6) is -1.30. The molecule has 0 atom stereocenters. The first-order valence-corrected chi connectivity index (χ1v) is 8.04. The van der Waals surface area contributed by atoms with Crippen LogP contribution >= 0.6 is 15.9 Å². The van der Waals surface area contributed by atoms with Gasteiger partial charge in [-0.3, -0.25) is 4.79 Å². The second kappa shape index (κ2) is 8.69. The molecule has 2 aromatic rings. The van der Waals surface area contributed by atoms with Crippen molar-refractivity contribution in [1.29, 1.82) is 5.26 Å². The number of carboxylic acid groups (broad SMARTS) is 1. The van der Waals surface area contributed by atoms with Gasteiger partial charge in [0.25, 0.3) is 5.91 Å². The van der Waals surface area contributed by atoms with Crippen LogP contribution in [0.4, 0.5) is 5.69 Å². The number of benzene rings is 2. The lowest BCUT2D eigenvalue weighted by Crippen LogP contribution is -2.13. The molecule has 0 aliphatic rings. The van der Waals surface area contributed by atoms with Crippen molar-refractivity contribution in [2.24, 2.45) is 0 Å². The predicted molar refractivity (Wildman–Crippen MR) is 97.6 cm³/mol. The fraction of sp³-hybridized carbons (Fsp3) is 0.0556. The molecule has 2 aromatic carbocycles. The Kier molecular flexibility index (Phi) is 6.36. The number of nitrogens with one attached hydrogen (secondary N) is 1. The van der Waals surface area contributed by atoms with Crippen molar-refractivity contribution in [2.45, 2.75) is 0 Å². The maximum absolute atomic E-state index is 12.2. The highest BCUT2D eigenvalue weighted by atomic mass is 79.9. The molecule has 0 saturated heterocycles. The lowest BCUT2D eigenvalue weighted by molar-refractivity contribution is -0.139. The number of carbonyl (C=O) groups excluding carboxylic acids is 1. The number of aromatic hydroxyl groups is 1. The summed E-state index contributed by atoms with van der Waals surface area (Å²) >= 11 is 3.25. The van der Waals surface area contributed by atoms with E-state index in [2.05, 4.69) is 21.2 Å². The van der Waals surface area contributed by atoms with Gasteiger partial charge in [-0.1, -0.05) is 6.07 Å². The zero-order valence-electron chi connectivity index (χ0n) is 13.3. The second-order valence-corrected chi connectivity index (χ2v) is 5.90. The van der Waals surface area contributed by atoms with E-state index in [9.17, 15) is 20.0 Å². The van der Waals surface area contributed by atoms with Crippen LogP contribution in [-0.4, -0.2) is 28.7 Å². The summed E-state index contributed by atoms with van der Waals surface area (Å²) < 4.78 is 5.58. The van der Waals surface area contributed by atoms with Crippen molar-refractivity contribution in [3.8, 4) is 17.6 Å². The van der Waals surface area contributed by atoms with E-state index < -0.39 is 18.5 Å². The molecule has 0 heterocycles. The van der Waals surface area contributed by atoms with Gasteiger partial charge in [-0.05, 0) is 64.0 Å². The Bertz CT molecular complexity index is 901. The average molecular weight is 417 g/mol. The highest BCUT2D eigenvalue weighted by molar-refractivity contribution is 9.10. The summed E-state index contributed by atoms with van der Waals surface area (Å²) in [6.45, 7) is -0.480. The zero-order chi connectivity index (χ0) is 19.1. The number of carbonyl (C=O) groups is 2. The predicted octanol–water partition coefficient (Wildman–Crippen LogP) is 3.16. The van der Waals surface area contributed by atoms with Crippen molar-refractivity contribution < 1.29 is 24.5 Å². The first-order valence-electron chi connectivity index (χ1n) is 7.25. The number of hydrogen-bond donors (Lipinski definition) is 3. The third-order valence-electron chi connectivity index (χ3n) is 3.11. The first kappa shape index (κ1) is 19.0. The molecule has 0 spiro atoms. The summed E-state index contributed by atoms with van der Waals surface area (Å²) in [6, 6.07) is 12.4. The Labute approximate surface area is 157 Å².